The predicted molar refractivity (Wildman–Crippen MR) is 98.0 cm³/mol. The second-order valence-electron chi connectivity index (χ2n) is 6.80. The summed E-state index contributed by atoms with van der Waals surface area (Å²) in [5, 5.41) is 10.1. The zero-order chi connectivity index (χ0) is 17.4. The Hall–Kier alpha value is -1.95. The van der Waals surface area contributed by atoms with E-state index in [-0.39, 0.29) is 5.54 Å². The van der Waals surface area contributed by atoms with Crippen LogP contribution in [0, 0.1) is 0 Å². The van der Waals surface area contributed by atoms with Crippen LogP contribution in [-0.2, 0) is 6.42 Å². The maximum absolute atomic E-state index is 5.41. The van der Waals surface area contributed by atoms with Gasteiger partial charge in [0.15, 0.2) is 17.5 Å². The molecule has 24 heavy (non-hydrogen) atoms. The van der Waals surface area contributed by atoms with Crippen molar-refractivity contribution in [1.82, 2.24) is 16.0 Å². The van der Waals surface area contributed by atoms with Crippen molar-refractivity contribution in [2.24, 2.45) is 4.99 Å². The molecule has 0 aromatic heterocycles. The Kier molecular flexibility index (Phi) is 6.73. The molecule has 1 aliphatic heterocycles. The predicted octanol–water partition coefficient (Wildman–Crippen LogP) is 1.90. The smallest absolute Gasteiger partial charge is 0.231 e. The molecule has 0 aliphatic carbocycles. The Morgan fingerprint density at radius 3 is 2.67 bits per heavy atom. The van der Waals surface area contributed by atoms with E-state index in [1.165, 1.54) is 5.56 Å². The van der Waals surface area contributed by atoms with Gasteiger partial charge in [-0.3, -0.25) is 4.99 Å². The van der Waals surface area contributed by atoms with Gasteiger partial charge in [-0.05, 0) is 51.8 Å². The second kappa shape index (κ2) is 8.78. The number of aliphatic imine (C=N–C) groups is 1. The molecule has 0 spiro atoms. The highest BCUT2D eigenvalue weighted by Gasteiger charge is 2.13. The molecule has 1 aliphatic rings. The SMILES string of the molecule is CCNC(=NCCNC(C)(C)C)NCCc1ccc2c(c1)OCO2. The summed E-state index contributed by atoms with van der Waals surface area (Å²) in [4.78, 5) is 4.59. The summed E-state index contributed by atoms with van der Waals surface area (Å²) in [5.41, 5.74) is 1.35. The minimum absolute atomic E-state index is 0.126. The molecule has 0 atom stereocenters. The first-order valence-electron chi connectivity index (χ1n) is 8.63. The highest BCUT2D eigenvalue weighted by molar-refractivity contribution is 5.79. The van der Waals surface area contributed by atoms with E-state index in [9.17, 15) is 0 Å². The number of nitrogens with one attached hydrogen (secondary N) is 3. The van der Waals surface area contributed by atoms with Gasteiger partial charge in [-0.15, -0.1) is 0 Å². The first-order chi connectivity index (χ1) is 11.5. The summed E-state index contributed by atoms with van der Waals surface area (Å²) in [6, 6.07) is 6.09. The first-order valence-corrected chi connectivity index (χ1v) is 8.63. The van der Waals surface area contributed by atoms with Gasteiger partial charge >= 0.3 is 0 Å². The largest absolute Gasteiger partial charge is 0.454 e. The summed E-state index contributed by atoms with van der Waals surface area (Å²) in [7, 11) is 0. The van der Waals surface area contributed by atoms with Crippen molar-refractivity contribution in [2.45, 2.75) is 39.7 Å². The molecule has 1 aromatic carbocycles. The number of ether oxygens (including phenoxy) is 2. The fourth-order valence-electron chi connectivity index (χ4n) is 2.36. The molecule has 3 N–H and O–H groups in total. The van der Waals surface area contributed by atoms with E-state index in [0.717, 1.165) is 50.1 Å². The van der Waals surface area contributed by atoms with Gasteiger partial charge in [-0.25, -0.2) is 0 Å². The summed E-state index contributed by atoms with van der Waals surface area (Å²) < 4.78 is 10.7. The summed E-state index contributed by atoms with van der Waals surface area (Å²) in [5.74, 6) is 2.52. The highest BCUT2D eigenvalue weighted by atomic mass is 16.7. The quantitative estimate of drug-likeness (QED) is 0.404. The van der Waals surface area contributed by atoms with Crippen molar-refractivity contribution in [3.8, 4) is 11.5 Å². The van der Waals surface area contributed by atoms with Crippen LogP contribution in [0.2, 0.25) is 0 Å². The third-order valence-corrected chi connectivity index (χ3v) is 3.52. The standard InChI is InChI=1S/C18H30N4O2/c1-5-19-17(21-10-11-22-18(2,3)4)20-9-8-14-6-7-15-16(12-14)24-13-23-15/h6-7,12,22H,5,8-11,13H2,1-4H3,(H2,19,20,21). The Balaban J connectivity index is 1.76. The van der Waals surface area contributed by atoms with E-state index in [0.29, 0.717) is 6.79 Å². The molecule has 1 heterocycles. The lowest BCUT2D eigenvalue weighted by Crippen LogP contribution is -2.40. The number of benzene rings is 1. The molecule has 0 saturated heterocycles. The second-order valence-corrected chi connectivity index (χ2v) is 6.80. The Morgan fingerprint density at radius 2 is 1.92 bits per heavy atom. The Morgan fingerprint density at radius 1 is 1.12 bits per heavy atom. The van der Waals surface area contributed by atoms with E-state index in [2.05, 4.69) is 54.7 Å². The molecular weight excluding hydrogens is 304 g/mol. The van der Waals surface area contributed by atoms with Gasteiger partial charge in [0.05, 0.1) is 6.54 Å². The monoisotopic (exact) mass is 334 g/mol. The van der Waals surface area contributed by atoms with Crippen LogP contribution in [0.15, 0.2) is 23.2 Å². The third kappa shape index (κ3) is 6.28. The first kappa shape index (κ1) is 18.4. The lowest BCUT2D eigenvalue weighted by molar-refractivity contribution is 0.174. The molecule has 2 rings (SSSR count). The van der Waals surface area contributed by atoms with Gasteiger partial charge in [-0.1, -0.05) is 6.07 Å². The molecule has 6 nitrogen and oxygen atoms in total. The van der Waals surface area contributed by atoms with Crippen molar-refractivity contribution in [1.29, 1.82) is 0 Å². The minimum Gasteiger partial charge on any atom is -0.454 e. The third-order valence-electron chi connectivity index (χ3n) is 3.52. The van der Waals surface area contributed by atoms with Crippen LogP contribution in [0.4, 0.5) is 0 Å². The number of hydrogen-bond acceptors (Lipinski definition) is 4. The molecule has 0 amide bonds. The lowest BCUT2D eigenvalue weighted by Gasteiger charge is -2.20. The van der Waals surface area contributed by atoms with Crippen LogP contribution in [-0.4, -0.2) is 44.5 Å². The van der Waals surface area contributed by atoms with Gasteiger partial charge < -0.3 is 25.4 Å². The van der Waals surface area contributed by atoms with Crippen molar-refractivity contribution in [3.63, 3.8) is 0 Å². The average molecular weight is 334 g/mol. The fraction of sp³-hybridized carbons (Fsp3) is 0.611. The molecule has 0 bridgehead atoms. The summed E-state index contributed by atoms with van der Waals surface area (Å²) >= 11 is 0. The van der Waals surface area contributed by atoms with E-state index in [4.69, 9.17) is 9.47 Å². The molecule has 0 saturated carbocycles. The number of hydrogen-bond donors (Lipinski definition) is 3. The Labute approximate surface area is 145 Å². The molecule has 6 heteroatoms. The van der Waals surface area contributed by atoms with Crippen LogP contribution in [0.1, 0.15) is 33.3 Å². The maximum atomic E-state index is 5.41. The van der Waals surface area contributed by atoms with Crippen LogP contribution in [0.5, 0.6) is 11.5 Å². The molecule has 1 aromatic rings. The van der Waals surface area contributed by atoms with Gasteiger partial charge in [0.1, 0.15) is 0 Å². The van der Waals surface area contributed by atoms with Crippen LogP contribution in [0.25, 0.3) is 0 Å². The number of rotatable bonds is 7. The van der Waals surface area contributed by atoms with Crippen molar-refractivity contribution in [3.05, 3.63) is 23.8 Å². The van der Waals surface area contributed by atoms with Gasteiger partial charge in [0.2, 0.25) is 6.79 Å². The maximum Gasteiger partial charge on any atom is 0.231 e. The molecule has 0 radical (unpaired) electrons. The molecular formula is C18H30N4O2. The zero-order valence-corrected chi connectivity index (χ0v) is 15.2. The van der Waals surface area contributed by atoms with Crippen LogP contribution >= 0.6 is 0 Å². The van der Waals surface area contributed by atoms with E-state index in [1.807, 2.05) is 12.1 Å². The minimum atomic E-state index is 0.126. The van der Waals surface area contributed by atoms with E-state index >= 15 is 0 Å². The van der Waals surface area contributed by atoms with Crippen LogP contribution < -0.4 is 25.4 Å². The molecule has 0 unspecified atom stereocenters. The molecule has 0 fully saturated rings. The van der Waals surface area contributed by atoms with E-state index in [1.54, 1.807) is 0 Å². The highest BCUT2D eigenvalue weighted by Crippen LogP contribution is 2.32. The van der Waals surface area contributed by atoms with Gasteiger partial charge in [-0.2, -0.15) is 0 Å². The van der Waals surface area contributed by atoms with Gasteiger partial charge in [0, 0.05) is 25.2 Å². The van der Waals surface area contributed by atoms with Crippen molar-refractivity contribution >= 4 is 5.96 Å². The van der Waals surface area contributed by atoms with Crippen molar-refractivity contribution < 1.29 is 9.47 Å². The lowest BCUT2D eigenvalue weighted by atomic mass is 10.1. The Bertz CT molecular complexity index is 552. The topological polar surface area (TPSA) is 66.9 Å². The number of nitrogens with zero attached hydrogens (tertiary/aromatic N) is 1. The summed E-state index contributed by atoms with van der Waals surface area (Å²) in [6.07, 6.45) is 0.904. The fourth-order valence-corrected chi connectivity index (χ4v) is 2.36. The normalized spacial score (nSPS) is 13.9. The number of guanidine groups is 1. The summed E-state index contributed by atoms with van der Waals surface area (Å²) in [6.45, 7) is 12.1. The number of fused-ring (bicyclic) bond motifs is 1. The zero-order valence-electron chi connectivity index (χ0n) is 15.2. The van der Waals surface area contributed by atoms with Crippen LogP contribution in [0.3, 0.4) is 0 Å². The van der Waals surface area contributed by atoms with E-state index < -0.39 is 0 Å². The van der Waals surface area contributed by atoms with Gasteiger partial charge in [0.25, 0.3) is 0 Å². The van der Waals surface area contributed by atoms with Crippen molar-refractivity contribution in [2.75, 3.05) is 33.0 Å². The molecule has 134 valence electrons. The average Bonchev–Trinajstić information content (AvgIpc) is 2.98.